The summed E-state index contributed by atoms with van der Waals surface area (Å²) in [6.07, 6.45) is 4.92. The summed E-state index contributed by atoms with van der Waals surface area (Å²) in [5.74, 6) is 2.04. The van der Waals surface area contributed by atoms with Crippen molar-refractivity contribution in [1.82, 2.24) is 14.9 Å². The molecule has 0 spiro atoms. The van der Waals surface area contributed by atoms with E-state index in [1.165, 1.54) is 45.5 Å². The largest absolute Gasteiger partial charge is 0.379 e. The molecule has 1 aliphatic carbocycles. The first-order valence-electron chi connectivity index (χ1n) is 10.6. The number of hydrogen-bond donors (Lipinski definition) is 0. The quantitative estimate of drug-likeness (QED) is 0.637. The maximum absolute atomic E-state index is 5.50. The molecular weight excluding hydrogens is 380 g/mol. The third-order valence-electron chi connectivity index (χ3n) is 5.93. The first-order chi connectivity index (χ1) is 14.3. The number of aromatic nitrogens is 2. The third kappa shape index (κ3) is 4.02. The fourth-order valence-corrected chi connectivity index (χ4v) is 5.69. The summed E-state index contributed by atoms with van der Waals surface area (Å²) in [5, 5.41) is 1.30. The molecule has 29 heavy (non-hydrogen) atoms. The van der Waals surface area contributed by atoms with Gasteiger partial charge in [0.2, 0.25) is 0 Å². The van der Waals surface area contributed by atoms with Crippen LogP contribution in [-0.2, 0) is 30.7 Å². The first-order valence-corrected chi connectivity index (χ1v) is 11.5. The van der Waals surface area contributed by atoms with Crippen molar-refractivity contribution in [2.75, 3.05) is 38.3 Å². The van der Waals surface area contributed by atoms with Gasteiger partial charge in [0.15, 0.2) is 0 Å². The van der Waals surface area contributed by atoms with Crippen molar-refractivity contribution in [3.8, 4) is 0 Å². The van der Waals surface area contributed by atoms with E-state index >= 15 is 0 Å². The molecule has 0 N–H and O–H groups in total. The molecule has 0 saturated carbocycles. The Labute approximate surface area is 176 Å². The molecule has 2 aliphatic rings. The van der Waals surface area contributed by atoms with Crippen LogP contribution in [0.1, 0.15) is 34.7 Å². The number of ether oxygens (including phenoxy) is 1. The number of hydrogen-bond acceptors (Lipinski definition) is 6. The zero-order valence-electron chi connectivity index (χ0n) is 17.1. The Morgan fingerprint density at radius 1 is 1.07 bits per heavy atom. The van der Waals surface area contributed by atoms with Crippen molar-refractivity contribution in [2.24, 2.45) is 0 Å². The molecule has 0 unspecified atom stereocenters. The van der Waals surface area contributed by atoms with E-state index in [0.717, 1.165) is 57.5 Å². The van der Waals surface area contributed by atoms with Gasteiger partial charge in [0.1, 0.15) is 16.5 Å². The van der Waals surface area contributed by atoms with Crippen LogP contribution in [-0.4, -0.2) is 48.2 Å². The number of fused-ring (bicyclic) bond motifs is 3. The van der Waals surface area contributed by atoms with Gasteiger partial charge in [-0.05, 0) is 36.8 Å². The normalized spacial score (nSPS) is 17.4. The van der Waals surface area contributed by atoms with Crippen LogP contribution < -0.4 is 4.90 Å². The highest BCUT2D eigenvalue weighted by atomic mass is 32.1. The highest BCUT2D eigenvalue weighted by Gasteiger charge is 2.23. The summed E-state index contributed by atoms with van der Waals surface area (Å²) >= 11 is 1.89. The Balaban J connectivity index is 1.53. The lowest BCUT2D eigenvalue weighted by Crippen LogP contribution is -2.36. The zero-order chi connectivity index (χ0) is 19.6. The monoisotopic (exact) mass is 408 g/mol. The van der Waals surface area contributed by atoms with Crippen LogP contribution in [0, 0.1) is 0 Å². The van der Waals surface area contributed by atoms with E-state index in [1.807, 2.05) is 11.3 Å². The molecule has 3 heterocycles. The van der Waals surface area contributed by atoms with Crippen LogP contribution in [0.2, 0.25) is 0 Å². The summed E-state index contributed by atoms with van der Waals surface area (Å²) in [4.78, 5) is 17.5. The van der Waals surface area contributed by atoms with Crippen molar-refractivity contribution in [2.45, 2.75) is 38.8 Å². The maximum Gasteiger partial charge on any atom is 0.146 e. The predicted molar refractivity (Wildman–Crippen MR) is 119 cm³/mol. The van der Waals surface area contributed by atoms with Gasteiger partial charge in [0.25, 0.3) is 0 Å². The highest BCUT2D eigenvalue weighted by molar-refractivity contribution is 7.19. The van der Waals surface area contributed by atoms with Gasteiger partial charge in [0.05, 0.1) is 25.1 Å². The molecular formula is C23H28N4OS. The molecule has 5 nitrogen and oxygen atoms in total. The molecule has 1 aromatic carbocycles. The van der Waals surface area contributed by atoms with Gasteiger partial charge in [-0.15, -0.1) is 11.3 Å². The van der Waals surface area contributed by atoms with Gasteiger partial charge >= 0.3 is 0 Å². The fraction of sp³-hybridized carbons (Fsp3) is 0.478. The van der Waals surface area contributed by atoms with Crippen LogP contribution in [0.3, 0.4) is 0 Å². The van der Waals surface area contributed by atoms with Crippen molar-refractivity contribution in [3.63, 3.8) is 0 Å². The van der Waals surface area contributed by atoms with Gasteiger partial charge < -0.3 is 9.64 Å². The number of aryl methyl sites for hydroxylation is 2. The zero-order valence-corrected chi connectivity index (χ0v) is 17.9. The van der Waals surface area contributed by atoms with E-state index < -0.39 is 0 Å². The minimum absolute atomic E-state index is 0.800. The number of thiophene rings is 1. The Morgan fingerprint density at radius 3 is 2.69 bits per heavy atom. The summed E-state index contributed by atoms with van der Waals surface area (Å²) in [6, 6.07) is 10.7. The second kappa shape index (κ2) is 8.38. The third-order valence-corrected chi connectivity index (χ3v) is 7.12. The van der Waals surface area contributed by atoms with Gasteiger partial charge in [-0.1, -0.05) is 30.3 Å². The van der Waals surface area contributed by atoms with E-state index in [2.05, 4.69) is 47.2 Å². The molecule has 0 radical (unpaired) electrons. The summed E-state index contributed by atoms with van der Waals surface area (Å²) in [6.45, 7) is 5.17. The SMILES string of the molecule is CN(Cc1ccccc1)c1nc(CN2CCOCC2)nc2sc3c(c12)CCCC3. The molecule has 2 aromatic heterocycles. The molecule has 0 atom stereocenters. The van der Waals surface area contributed by atoms with Gasteiger partial charge in [0, 0.05) is 31.6 Å². The number of anilines is 1. The van der Waals surface area contributed by atoms with Crippen molar-refractivity contribution < 1.29 is 4.74 Å². The Hall–Kier alpha value is -2.02. The molecule has 0 amide bonds. The Morgan fingerprint density at radius 2 is 1.86 bits per heavy atom. The van der Waals surface area contributed by atoms with E-state index in [-0.39, 0.29) is 0 Å². The second-order valence-electron chi connectivity index (χ2n) is 8.08. The van der Waals surface area contributed by atoms with Crippen molar-refractivity contribution >= 4 is 27.4 Å². The molecule has 152 valence electrons. The highest BCUT2D eigenvalue weighted by Crippen LogP contribution is 2.39. The Kier molecular flexibility index (Phi) is 5.48. The standard InChI is InChI=1S/C23H28N4OS/c1-26(15-17-7-3-2-4-8-17)22-21-18-9-5-6-10-19(18)29-23(21)25-20(24-22)16-27-11-13-28-14-12-27/h2-4,7-8H,5-6,9-16H2,1H3. The average molecular weight is 409 g/mol. The summed E-state index contributed by atoms with van der Waals surface area (Å²) in [5.41, 5.74) is 2.81. The average Bonchev–Trinajstić information content (AvgIpc) is 3.13. The lowest BCUT2D eigenvalue weighted by Gasteiger charge is -2.26. The minimum atomic E-state index is 0.800. The number of morpholine rings is 1. The number of benzene rings is 1. The lowest BCUT2D eigenvalue weighted by atomic mass is 9.97. The van der Waals surface area contributed by atoms with Gasteiger partial charge in [-0.2, -0.15) is 0 Å². The summed E-state index contributed by atoms with van der Waals surface area (Å²) in [7, 11) is 2.17. The Bertz CT molecular complexity index is 981. The second-order valence-corrected chi connectivity index (χ2v) is 9.17. The van der Waals surface area contributed by atoms with Crippen LogP contribution in [0.25, 0.3) is 10.2 Å². The topological polar surface area (TPSA) is 41.5 Å². The van der Waals surface area contributed by atoms with Gasteiger partial charge in [-0.3, -0.25) is 4.90 Å². The van der Waals surface area contributed by atoms with E-state index in [0.29, 0.717) is 0 Å². The predicted octanol–water partition coefficient (Wildman–Crippen LogP) is 4.04. The fourth-order valence-electron chi connectivity index (χ4n) is 4.42. The molecule has 3 aromatic rings. The van der Waals surface area contributed by atoms with Crippen LogP contribution in [0.4, 0.5) is 5.82 Å². The van der Waals surface area contributed by atoms with Crippen LogP contribution in [0.15, 0.2) is 30.3 Å². The first kappa shape index (κ1) is 19.0. The van der Waals surface area contributed by atoms with E-state index in [1.54, 1.807) is 0 Å². The van der Waals surface area contributed by atoms with Crippen LogP contribution in [0.5, 0.6) is 0 Å². The van der Waals surface area contributed by atoms with Gasteiger partial charge in [-0.25, -0.2) is 9.97 Å². The van der Waals surface area contributed by atoms with Crippen LogP contribution >= 0.6 is 11.3 Å². The molecule has 0 bridgehead atoms. The molecule has 5 rings (SSSR count). The van der Waals surface area contributed by atoms with Crippen molar-refractivity contribution in [1.29, 1.82) is 0 Å². The number of rotatable bonds is 5. The maximum atomic E-state index is 5.50. The van der Waals surface area contributed by atoms with E-state index in [9.17, 15) is 0 Å². The summed E-state index contributed by atoms with van der Waals surface area (Å²) < 4.78 is 5.50. The molecule has 1 fully saturated rings. The number of nitrogens with zero attached hydrogens (tertiary/aromatic N) is 4. The minimum Gasteiger partial charge on any atom is -0.379 e. The smallest absolute Gasteiger partial charge is 0.146 e. The van der Waals surface area contributed by atoms with E-state index in [4.69, 9.17) is 14.7 Å². The molecule has 1 aliphatic heterocycles. The molecule has 6 heteroatoms. The lowest BCUT2D eigenvalue weighted by molar-refractivity contribution is 0.0331. The molecule has 1 saturated heterocycles. The van der Waals surface area contributed by atoms with Crippen molar-refractivity contribution in [3.05, 3.63) is 52.2 Å².